The van der Waals surface area contributed by atoms with Crippen molar-refractivity contribution < 1.29 is 22.7 Å². The van der Waals surface area contributed by atoms with Gasteiger partial charge in [0.1, 0.15) is 6.61 Å². The lowest BCUT2D eigenvalue weighted by Crippen LogP contribution is -2.17. The summed E-state index contributed by atoms with van der Waals surface area (Å²) in [5, 5.41) is 2.45. The second kappa shape index (κ2) is 6.42. The van der Waals surface area contributed by atoms with E-state index in [1.165, 1.54) is 0 Å². The third-order valence-corrected chi connectivity index (χ3v) is 3.75. The second-order valence-corrected chi connectivity index (χ2v) is 5.61. The highest BCUT2D eigenvalue weighted by molar-refractivity contribution is 6.33. The number of hydrogen-bond donors (Lipinski definition) is 1. The van der Waals surface area contributed by atoms with Gasteiger partial charge in [0.25, 0.3) is 0 Å². The zero-order chi connectivity index (χ0) is 15.6. The maximum absolute atomic E-state index is 11.9. The molecule has 0 fully saturated rings. The zero-order valence-corrected chi connectivity index (χ0v) is 12.3. The largest absolute Gasteiger partial charge is 0.411 e. The summed E-state index contributed by atoms with van der Waals surface area (Å²) < 4.78 is 40.3. The Morgan fingerprint density at radius 3 is 2.76 bits per heavy atom. The molecule has 0 bridgehead atoms. The van der Waals surface area contributed by atoms with E-state index in [0.29, 0.717) is 16.3 Å². The Morgan fingerprint density at radius 1 is 1.38 bits per heavy atom. The molecule has 3 nitrogen and oxygen atoms in total. The third-order valence-electron chi connectivity index (χ3n) is 2.97. The molecule has 1 heterocycles. The number of halogens is 5. The van der Waals surface area contributed by atoms with Crippen molar-refractivity contribution in [1.29, 1.82) is 0 Å². The van der Waals surface area contributed by atoms with Crippen LogP contribution in [0.25, 0.3) is 0 Å². The van der Waals surface area contributed by atoms with Crippen molar-refractivity contribution in [3.05, 3.63) is 28.3 Å². The predicted molar refractivity (Wildman–Crippen MR) is 73.9 cm³/mol. The molecule has 1 amide bonds. The average molecular weight is 342 g/mol. The number of amides is 1. The molecule has 21 heavy (non-hydrogen) atoms. The molecule has 0 saturated heterocycles. The van der Waals surface area contributed by atoms with Gasteiger partial charge in [0, 0.05) is 17.3 Å². The minimum absolute atomic E-state index is 0.127. The van der Waals surface area contributed by atoms with Crippen LogP contribution in [0.5, 0.6) is 0 Å². The summed E-state index contributed by atoms with van der Waals surface area (Å²) in [5.74, 6) is -0.127. The van der Waals surface area contributed by atoms with Gasteiger partial charge in [0.05, 0.1) is 11.8 Å². The van der Waals surface area contributed by atoms with Crippen molar-refractivity contribution in [3.8, 4) is 0 Å². The van der Waals surface area contributed by atoms with Gasteiger partial charge in [0.15, 0.2) is 0 Å². The number of hydrogen-bond acceptors (Lipinski definition) is 2. The van der Waals surface area contributed by atoms with Crippen molar-refractivity contribution in [3.63, 3.8) is 0 Å². The van der Waals surface area contributed by atoms with E-state index in [9.17, 15) is 18.0 Å². The first-order valence-electron chi connectivity index (χ1n) is 6.17. The molecule has 1 aliphatic rings. The summed E-state index contributed by atoms with van der Waals surface area (Å²) in [6, 6.07) is 3.31. The zero-order valence-electron chi connectivity index (χ0n) is 10.8. The highest BCUT2D eigenvalue weighted by Crippen LogP contribution is 2.36. The summed E-state index contributed by atoms with van der Waals surface area (Å²) in [6.07, 6.45) is -3.91. The van der Waals surface area contributed by atoms with Gasteiger partial charge in [-0.05, 0) is 23.6 Å². The molecule has 1 aromatic carbocycles. The number of carbonyl (C=O) groups excluding carboxylic acids is 1. The van der Waals surface area contributed by atoms with Crippen molar-refractivity contribution >= 4 is 34.8 Å². The molecule has 0 radical (unpaired) electrons. The lowest BCUT2D eigenvalue weighted by molar-refractivity contribution is -0.174. The first-order chi connectivity index (χ1) is 9.76. The van der Waals surface area contributed by atoms with Crippen LogP contribution in [-0.2, 0) is 16.0 Å². The summed E-state index contributed by atoms with van der Waals surface area (Å²) in [4.78, 5) is 11.3. The Hall–Kier alpha value is -0.980. The molecule has 0 spiro atoms. The van der Waals surface area contributed by atoms with Crippen LogP contribution < -0.4 is 5.32 Å². The summed E-state index contributed by atoms with van der Waals surface area (Å²) in [6.45, 7) is -1.43. The maximum Gasteiger partial charge on any atom is 0.411 e. The SMILES string of the molecule is O=C1Cc2cc(C(Cl)CCOCC(F)(F)F)c(Cl)cc2N1. The highest BCUT2D eigenvalue weighted by atomic mass is 35.5. The molecular weight excluding hydrogens is 330 g/mol. The number of alkyl halides is 4. The Balaban J connectivity index is 1.95. The normalized spacial score (nSPS) is 15.8. The van der Waals surface area contributed by atoms with Crippen LogP contribution in [0, 0.1) is 0 Å². The van der Waals surface area contributed by atoms with Crippen molar-refractivity contribution in [2.75, 3.05) is 18.5 Å². The molecule has 0 aliphatic carbocycles. The quantitative estimate of drug-likeness (QED) is 0.647. The van der Waals surface area contributed by atoms with E-state index in [4.69, 9.17) is 23.2 Å². The number of benzene rings is 1. The molecule has 116 valence electrons. The van der Waals surface area contributed by atoms with Crippen LogP contribution >= 0.6 is 23.2 Å². The molecule has 0 aromatic heterocycles. The van der Waals surface area contributed by atoms with E-state index in [0.717, 1.165) is 5.56 Å². The molecule has 1 aliphatic heterocycles. The van der Waals surface area contributed by atoms with Gasteiger partial charge in [-0.15, -0.1) is 11.6 Å². The summed E-state index contributed by atoms with van der Waals surface area (Å²) >= 11 is 12.2. The molecule has 1 atom stereocenters. The van der Waals surface area contributed by atoms with E-state index < -0.39 is 18.2 Å². The first-order valence-corrected chi connectivity index (χ1v) is 6.98. The van der Waals surface area contributed by atoms with Gasteiger partial charge in [-0.1, -0.05) is 17.7 Å². The minimum atomic E-state index is -4.35. The minimum Gasteiger partial charge on any atom is -0.372 e. The van der Waals surface area contributed by atoms with Gasteiger partial charge < -0.3 is 10.1 Å². The first kappa shape index (κ1) is 16.4. The number of ether oxygens (including phenoxy) is 1. The fourth-order valence-corrected chi connectivity index (χ4v) is 2.66. The Morgan fingerprint density at radius 2 is 2.10 bits per heavy atom. The Labute approximate surface area is 129 Å². The fourth-order valence-electron chi connectivity index (χ4n) is 2.04. The third kappa shape index (κ3) is 4.49. The second-order valence-electron chi connectivity index (χ2n) is 4.68. The molecule has 8 heteroatoms. The van der Waals surface area contributed by atoms with E-state index >= 15 is 0 Å². The van der Waals surface area contributed by atoms with Gasteiger partial charge in [-0.2, -0.15) is 13.2 Å². The van der Waals surface area contributed by atoms with Crippen molar-refractivity contribution in [1.82, 2.24) is 0 Å². The lowest BCUT2D eigenvalue weighted by Gasteiger charge is -2.14. The molecule has 2 rings (SSSR count). The van der Waals surface area contributed by atoms with Crippen LogP contribution in [0.1, 0.15) is 22.9 Å². The lowest BCUT2D eigenvalue weighted by atomic mass is 10.0. The number of rotatable bonds is 5. The van der Waals surface area contributed by atoms with Gasteiger partial charge in [0.2, 0.25) is 5.91 Å². The van der Waals surface area contributed by atoms with Gasteiger partial charge in [-0.3, -0.25) is 4.79 Å². The smallest absolute Gasteiger partial charge is 0.372 e. The Kier molecular flexibility index (Phi) is 5.01. The van der Waals surface area contributed by atoms with Gasteiger partial charge in [-0.25, -0.2) is 0 Å². The van der Waals surface area contributed by atoms with Crippen LogP contribution in [0.4, 0.5) is 18.9 Å². The van der Waals surface area contributed by atoms with E-state index in [1.807, 2.05) is 0 Å². The molecule has 1 unspecified atom stereocenters. The van der Waals surface area contributed by atoms with E-state index in [-0.39, 0.29) is 25.4 Å². The Bertz CT molecular complexity index is 549. The van der Waals surface area contributed by atoms with Crippen LogP contribution in [-0.4, -0.2) is 25.3 Å². The summed E-state index contributed by atoms with van der Waals surface area (Å²) in [7, 11) is 0. The fraction of sp³-hybridized carbons (Fsp3) is 0.462. The van der Waals surface area contributed by atoms with E-state index in [1.54, 1.807) is 12.1 Å². The predicted octanol–water partition coefficient (Wildman–Crippen LogP) is 4.08. The number of fused-ring (bicyclic) bond motifs is 1. The average Bonchev–Trinajstić information content (AvgIpc) is 2.71. The standard InChI is InChI=1S/C13H12Cl2F3NO2/c14-9(1-2-21-6-13(16,17)18)8-3-7-4-12(20)19-11(7)5-10(8)15/h3,5,9H,1-2,4,6H2,(H,19,20). The molecule has 0 saturated carbocycles. The van der Waals surface area contributed by atoms with Gasteiger partial charge >= 0.3 is 6.18 Å². The topological polar surface area (TPSA) is 38.3 Å². The molecular formula is C13H12Cl2F3NO2. The van der Waals surface area contributed by atoms with Crippen molar-refractivity contribution in [2.45, 2.75) is 24.4 Å². The number of nitrogens with one attached hydrogen (secondary N) is 1. The van der Waals surface area contributed by atoms with E-state index in [2.05, 4.69) is 10.1 Å². The van der Waals surface area contributed by atoms with Crippen LogP contribution in [0.3, 0.4) is 0 Å². The number of anilines is 1. The highest BCUT2D eigenvalue weighted by Gasteiger charge is 2.27. The molecule has 1 N–H and O–H groups in total. The van der Waals surface area contributed by atoms with Crippen LogP contribution in [0.2, 0.25) is 5.02 Å². The maximum atomic E-state index is 11.9. The summed E-state index contributed by atoms with van der Waals surface area (Å²) in [5.41, 5.74) is 2.01. The monoisotopic (exact) mass is 341 g/mol. The van der Waals surface area contributed by atoms with Crippen molar-refractivity contribution in [2.24, 2.45) is 0 Å². The molecule has 1 aromatic rings. The van der Waals surface area contributed by atoms with Crippen LogP contribution in [0.15, 0.2) is 12.1 Å². The number of carbonyl (C=O) groups is 1.